The minimum absolute atomic E-state index is 0.0319. The first-order valence-corrected chi connectivity index (χ1v) is 7.09. The van der Waals surface area contributed by atoms with Crippen LogP contribution in [-0.4, -0.2) is 27.9 Å². The standard InChI is InChI=1S/C16H23NO3/c1-3-13(2)17(12-14-8-5-4-6-9-14)15(18)10-7-11-16(19)20/h4-6,8-9,13H,3,7,10-12H2,1-2H3,(H,19,20). The van der Waals surface area contributed by atoms with Crippen molar-refractivity contribution in [3.63, 3.8) is 0 Å². The molecule has 0 aromatic heterocycles. The third-order valence-corrected chi connectivity index (χ3v) is 3.42. The van der Waals surface area contributed by atoms with Crippen molar-refractivity contribution in [3.8, 4) is 0 Å². The minimum Gasteiger partial charge on any atom is -0.481 e. The van der Waals surface area contributed by atoms with Gasteiger partial charge in [-0.25, -0.2) is 0 Å². The number of hydrogen-bond acceptors (Lipinski definition) is 2. The summed E-state index contributed by atoms with van der Waals surface area (Å²) >= 11 is 0. The molecule has 0 heterocycles. The number of benzene rings is 1. The second-order valence-corrected chi connectivity index (χ2v) is 5.01. The van der Waals surface area contributed by atoms with Crippen LogP contribution in [0, 0.1) is 0 Å². The molecule has 0 radical (unpaired) electrons. The molecule has 0 fully saturated rings. The fraction of sp³-hybridized carbons (Fsp3) is 0.500. The first-order valence-electron chi connectivity index (χ1n) is 7.09. The highest BCUT2D eigenvalue weighted by atomic mass is 16.4. The van der Waals surface area contributed by atoms with Gasteiger partial charge in [-0.05, 0) is 25.3 Å². The van der Waals surface area contributed by atoms with E-state index in [0.29, 0.717) is 19.4 Å². The predicted octanol–water partition coefficient (Wildman–Crippen LogP) is 3.07. The fourth-order valence-corrected chi connectivity index (χ4v) is 2.02. The number of amides is 1. The summed E-state index contributed by atoms with van der Waals surface area (Å²) in [6, 6.07) is 10.0. The number of carboxylic acids is 1. The lowest BCUT2D eigenvalue weighted by atomic mass is 10.1. The van der Waals surface area contributed by atoms with Gasteiger partial charge in [0.1, 0.15) is 0 Å². The Morgan fingerprint density at radius 2 is 1.85 bits per heavy atom. The van der Waals surface area contributed by atoms with Gasteiger partial charge in [-0.1, -0.05) is 37.3 Å². The molecule has 1 unspecified atom stereocenters. The number of hydrogen-bond donors (Lipinski definition) is 1. The second-order valence-electron chi connectivity index (χ2n) is 5.01. The van der Waals surface area contributed by atoms with Crippen molar-refractivity contribution in [1.82, 2.24) is 4.90 Å². The van der Waals surface area contributed by atoms with Crippen LogP contribution in [0.4, 0.5) is 0 Å². The molecule has 110 valence electrons. The highest BCUT2D eigenvalue weighted by molar-refractivity contribution is 5.77. The summed E-state index contributed by atoms with van der Waals surface area (Å²) < 4.78 is 0. The Bertz CT molecular complexity index is 431. The van der Waals surface area contributed by atoms with E-state index in [4.69, 9.17) is 5.11 Å². The van der Waals surface area contributed by atoms with E-state index in [1.165, 1.54) is 0 Å². The Balaban J connectivity index is 2.64. The SMILES string of the molecule is CCC(C)N(Cc1ccccc1)C(=O)CCCC(=O)O. The summed E-state index contributed by atoms with van der Waals surface area (Å²) in [5, 5.41) is 8.63. The van der Waals surface area contributed by atoms with Gasteiger partial charge in [0.15, 0.2) is 0 Å². The van der Waals surface area contributed by atoms with Crippen molar-refractivity contribution >= 4 is 11.9 Å². The monoisotopic (exact) mass is 277 g/mol. The fourth-order valence-electron chi connectivity index (χ4n) is 2.02. The number of carboxylic acid groups (broad SMARTS) is 1. The van der Waals surface area contributed by atoms with E-state index in [2.05, 4.69) is 0 Å². The van der Waals surface area contributed by atoms with Crippen LogP contribution in [0.5, 0.6) is 0 Å². The largest absolute Gasteiger partial charge is 0.481 e. The second kappa shape index (κ2) is 8.35. The lowest BCUT2D eigenvalue weighted by molar-refractivity contribution is -0.137. The molecule has 4 nitrogen and oxygen atoms in total. The number of aliphatic carboxylic acids is 1. The summed E-state index contributed by atoms with van der Waals surface area (Å²) in [6.45, 7) is 4.66. The first-order chi connectivity index (χ1) is 9.54. The maximum absolute atomic E-state index is 12.3. The van der Waals surface area contributed by atoms with Crippen molar-refractivity contribution in [2.75, 3.05) is 0 Å². The predicted molar refractivity (Wildman–Crippen MR) is 78.2 cm³/mol. The molecule has 0 aliphatic heterocycles. The molecule has 1 amide bonds. The Hall–Kier alpha value is -1.84. The van der Waals surface area contributed by atoms with Crippen molar-refractivity contribution in [2.45, 2.75) is 52.1 Å². The van der Waals surface area contributed by atoms with E-state index in [1.54, 1.807) is 0 Å². The zero-order valence-electron chi connectivity index (χ0n) is 12.2. The average molecular weight is 277 g/mol. The molecule has 1 N–H and O–H groups in total. The highest BCUT2D eigenvalue weighted by Gasteiger charge is 2.19. The Morgan fingerprint density at radius 1 is 1.20 bits per heavy atom. The smallest absolute Gasteiger partial charge is 0.303 e. The van der Waals surface area contributed by atoms with Gasteiger partial charge in [-0.2, -0.15) is 0 Å². The molecule has 1 aromatic carbocycles. The topological polar surface area (TPSA) is 57.6 Å². The first kappa shape index (κ1) is 16.2. The van der Waals surface area contributed by atoms with E-state index >= 15 is 0 Å². The summed E-state index contributed by atoms with van der Waals surface area (Å²) in [5.74, 6) is -0.819. The van der Waals surface area contributed by atoms with Crippen LogP contribution in [0.1, 0.15) is 45.1 Å². The molecule has 0 saturated carbocycles. The zero-order valence-corrected chi connectivity index (χ0v) is 12.2. The summed E-state index contributed by atoms with van der Waals surface area (Å²) in [6.07, 6.45) is 1.63. The number of nitrogens with zero attached hydrogens (tertiary/aromatic N) is 1. The van der Waals surface area contributed by atoms with Crippen LogP contribution < -0.4 is 0 Å². The van der Waals surface area contributed by atoms with Crippen molar-refractivity contribution in [1.29, 1.82) is 0 Å². The van der Waals surface area contributed by atoms with E-state index in [1.807, 2.05) is 49.1 Å². The summed E-state index contributed by atoms with van der Waals surface area (Å²) in [4.78, 5) is 24.6. The van der Waals surface area contributed by atoms with Gasteiger partial charge in [0.2, 0.25) is 5.91 Å². The number of rotatable bonds is 8. The van der Waals surface area contributed by atoms with Gasteiger partial charge >= 0.3 is 5.97 Å². The lowest BCUT2D eigenvalue weighted by Gasteiger charge is -2.29. The van der Waals surface area contributed by atoms with E-state index in [9.17, 15) is 9.59 Å². The van der Waals surface area contributed by atoms with E-state index in [0.717, 1.165) is 12.0 Å². The van der Waals surface area contributed by atoms with Gasteiger partial charge in [0.05, 0.1) is 0 Å². The Labute approximate surface area is 120 Å². The molecule has 0 spiro atoms. The van der Waals surface area contributed by atoms with Crippen molar-refractivity contribution in [3.05, 3.63) is 35.9 Å². The summed E-state index contributed by atoms with van der Waals surface area (Å²) in [5.41, 5.74) is 1.10. The van der Waals surface area contributed by atoms with E-state index in [-0.39, 0.29) is 18.4 Å². The van der Waals surface area contributed by atoms with Crippen LogP contribution in [0.25, 0.3) is 0 Å². The highest BCUT2D eigenvalue weighted by Crippen LogP contribution is 2.13. The van der Waals surface area contributed by atoms with Gasteiger partial charge < -0.3 is 10.0 Å². The quantitative estimate of drug-likeness (QED) is 0.794. The van der Waals surface area contributed by atoms with Crippen molar-refractivity contribution < 1.29 is 14.7 Å². The maximum Gasteiger partial charge on any atom is 0.303 e. The third-order valence-electron chi connectivity index (χ3n) is 3.42. The molecular weight excluding hydrogens is 254 g/mol. The number of carbonyl (C=O) groups is 2. The molecule has 1 atom stereocenters. The van der Waals surface area contributed by atoms with Crippen LogP contribution in [0.15, 0.2) is 30.3 Å². The van der Waals surface area contributed by atoms with Gasteiger partial charge in [-0.3, -0.25) is 9.59 Å². The molecule has 1 rings (SSSR count). The maximum atomic E-state index is 12.3. The van der Waals surface area contributed by atoms with Crippen LogP contribution in [0.2, 0.25) is 0 Å². The van der Waals surface area contributed by atoms with Gasteiger partial charge in [0.25, 0.3) is 0 Å². The summed E-state index contributed by atoms with van der Waals surface area (Å²) in [7, 11) is 0. The van der Waals surface area contributed by atoms with Gasteiger partial charge in [0, 0.05) is 25.4 Å². The lowest BCUT2D eigenvalue weighted by Crippen LogP contribution is -2.37. The Morgan fingerprint density at radius 3 is 2.40 bits per heavy atom. The molecule has 0 aliphatic carbocycles. The molecule has 1 aromatic rings. The molecular formula is C16H23NO3. The van der Waals surface area contributed by atoms with Crippen LogP contribution >= 0.6 is 0 Å². The Kier molecular flexibility index (Phi) is 6.77. The molecule has 0 bridgehead atoms. The molecule has 0 saturated heterocycles. The normalized spacial score (nSPS) is 11.9. The van der Waals surface area contributed by atoms with Crippen LogP contribution in [-0.2, 0) is 16.1 Å². The zero-order chi connectivity index (χ0) is 15.0. The molecule has 20 heavy (non-hydrogen) atoms. The average Bonchev–Trinajstić information content (AvgIpc) is 2.44. The minimum atomic E-state index is -0.851. The van der Waals surface area contributed by atoms with Crippen LogP contribution in [0.3, 0.4) is 0 Å². The third kappa shape index (κ3) is 5.43. The molecule has 0 aliphatic rings. The van der Waals surface area contributed by atoms with Gasteiger partial charge in [-0.15, -0.1) is 0 Å². The van der Waals surface area contributed by atoms with Crippen molar-refractivity contribution in [2.24, 2.45) is 0 Å². The number of carbonyl (C=O) groups excluding carboxylic acids is 1. The molecule has 4 heteroatoms. The van der Waals surface area contributed by atoms with E-state index < -0.39 is 5.97 Å².